The Morgan fingerprint density at radius 2 is 2.00 bits per heavy atom. The first-order chi connectivity index (χ1) is 9.55. The highest BCUT2D eigenvalue weighted by Gasteiger charge is 2.47. The van der Waals surface area contributed by atoms with Crippen molar-refractivity contribution in [1.29, 1.82) is 0 Å². The maximum absolute atomic E-state index is 5.87. The van der Waals surface area contributed by atoms with E-state index in [9.17, 15) is 0 Å². The maximum atomic E-state index is 5.87. The van der Waals surface area contributed by atoms with Gasteiger partial charge in [0.05, 0.1) is 13.2 Å². The van der Waals surface area contributed by atoms with Gasteiger partial charge >= 0.3 is 0 Å². The van der Waals surface area contributed by atoms with Crippen LogP contribution in [-0.2, 0) is 25.6 Å². The molecule has 1 aromatic carbocycles. The van der Waals surface area contributed by atoms with E-state index < -0.39 is 12.1 Å². The molecule has 2 aliphatic heterocycles. The van der Waals surface area contributed by atoms with E-state index in [1.165, 1.54) is 0 Å². The molecule has 0 unspecified atom stereocenters. The zero-order valence-corrected chi connectivity index (χ0v) is 11.9. The van der Waals surface area contributed by atoms with Crippen molar-refractivity contribution in [1.82, 2.24) is 0 Å². The molecule has 4 nitrogen and oxygen atoms in total. The fourth-order valence-corrected chi connectivity index (χ4v) is 2.60. The maximum Gasteiger partial charge on any atom is 0.182 e. The Balaban J connectivity index is 1.61. The summed E-state index contributed by atoms with van der Waals surface area (Å²) in [6.45, 7) is 8.82. The normalized spacial score (nSPS) is 32.1. The first-order valence-electron chi connectivity index (χ1n) is 6.87. The standard InChI is InChI=1S/C16H20O4/c1-11-14-13(19-16(2,3)20-14)10-18-15(11)17-9-12-7-5-4-6-8-12/h4-8,13-15H,1,9-10H2,2-3H3/t13-,14+,15-/m0/s1. The van der Waals surface area contributed by atoms with E-state index in [1.807, 2.05) is 44.2 Å². The van der Waals surface area contributed by atoms with Crippen LogP contribution in [0.1, 0.15) is 19.4 Å². The van der Waals surface area contributed by atoms with Gasteiger partial charge < -0.3 is 18.9 Å². The molecule has 0 saturated carbocycles. The Bertz CT molecular complexity index is 483. The van der Waals surface area contributed by atoms with Gasteiger partial charge in [0.2, 0.25) is 0 Å². The third-order valence-corrected chi connectivity index (χ3v) is 3.51. The molecule has 3 rings (SSSR count). The molecular formula is C16H20O4. The van der Waals surface area contributed by atoms with Gasteiger partial charge in [-0.2, -0.15) is 0 Å². The van der Waals surface area contributed by atoms with E-state index in [0.29, 0.717) is 13.2 Å². The largest absolute Gasteiger partial charge is 0.346 e. The van der Waals surface area contributed by atoms with Gasteiger partial charge in [-0.3, -0.25) is 0 Å². The summed E-state index contributed by atoms with van der Waals surface area (Å²) in [6, 6.07) is 10.00. The van der Waals surface area contributed by atoms with Crippen molar-refractivity contribution in [3.8, 4) is 0 Å². The predicted octanol–water partition coefficient (Wildman–Crippen LogP) is 2.64. The minimum absolute atomic E-state index is 0.0888. The van der Waals surface area contributed by atoms with Crippen LogP contribution < -0.4 is 0 Å². The van der Waals surface area contributed by atoms with Crippen LogP contribution >= 0.6 is 0 Å². The van der Waals surface area contributed by atoms with Crippen LogP contribution in [0.5, 0.6) is 0 Å². The highest BCUT2D eigenvalue weighted by molar-refractivity contribution is 5.16. The summed E-state index contributed by atoms with van der Waals surface area (Å²) in [4.78, 5) is 0. The van der Waals surface area contributed by atoms with E-state index in [0.717, 1.165) is 11.1 Å². The number of hydrogen-bond acceptors (Lipinski definition) is 4. The molecule has 0 radical (unpaired) electrons. The van der Waals surface area contributed by atoms with Crippen molar-refractivity contribution in [2.45, 2.75) is 44.7 Å². The van der Waals surface area contributed by atoms with E-state index in [1.54, 1.807) is 0 Å². The zero-order valence-electron chi connectivity index (χ0n) is 11.9. The average molecular weight is 276 g/mol. The van der Waals surface area contributed by atoms with E-state index in [-0.39, 0.29) is 12.2 Å². The lowest BCUT2D eigenvalue weighted by molar-refractivity contribution is -0.171. The highest BCUT2D eigenvalue weighted by Crippen LogP contribution is 2.36. The van der Waals surface area contributed by atoms with Crippen molar-refractivity contribution in [3.63, 3.8) is 0 Å². The van der Waals surface area contributed by atoms with E-state index in [2.05, 4.69) is 6.58 Å². The molecule has 0 amide bonds. The third-order valence-electron chi connectivity index (χ3n) is 3.51. The topological polar surface area (TPSA) is 36.9 Å². The molecular weight excluding hydrogens is 256 g/mol. The molecule has 0 aliphatic carbocycles. The molecule has 2 fully saturated rings. The van der Waals surface area contributed by atoms with Crippen LogP contribution in [0, 0.1) is 0 Å². The molecule has 3 atom stereocenters. The number of hydrogen-bond donors (Lipinski definition) is 0. The lowest BCUT2D eigenvalue weighted by Gasteiger charge is -2.31. The minimum atomic E-state index is -0.587. The van der Waals surface area contributed by atoms with Crippen molar-refractivity contribution >= 4 is 0 Å². The summed E-state index contributed by atoms with van der Waals surface area (Å²) in [5.41, 5.74) is 1.90. The second-order valence-electron chi connectivity index (χ2n) is 5.63. The van der Waals surface area contributed by atoms with Crippen molar-refractivity contribution in [3.05, 3.63) is 48.0 Å². The Morgan fingerprint density at radius 1 is 1.25 bits per heavy atom. The molecule has 108 valence electrons. The number of ether oxygens (including phenoxy) is 4. The lowest BCUT2D eigenvalue weighted by Crippen LogP contribution is -2.42. The number of benzene rings is 1. The summed E-state index contributed by atoms with van der Waals surface area (Å²) < 4.78 is 23.1. The highest BCUT2D eigenvalue weighted by atomic mass is 16.8. The minimum Gasteiger partial charge on any atom is -0.346 e. The quantitative estimate of drug-likeness (QED) is 0.795. The molecule has 0 bridgehead atoms. The van der Waals surface area contributed by atoms with Gasteiger partial charge in [0.15, 0.2) is 12.1 Å². The SMILES string of the molecule is C=C1[C@@H](OCc2ccccc2)OC[C@@H]2OC(C)(C)O[C@H]12. The smallest absolute Gasteiger partial charge is 0.182 e. The van der Waals surface area contributed by atoms with Crippen LogP contribution in [0.15, 0.2) is 42.5 Å². The number of fused-ring (bicyclic) bond motifs is 1. The molecule has 2 aliphatic rings. The van der Waals surface area contributed by atoms with Crippen LogP contribution in [0.2, 0.25) is 0 Å². The van der Waals surface area contributed by atoms with E-state index >= 15 is 0 Å². The summed E-state index contributed by atoms with van der Waals surface area (Å²) in [5.74, 6) is -0.587. The molecule has 1 aromatic rings. The molecule has 2 heterocycles. The zero-order chi connectivity index (χ0) is 14.2. The molecule has 4 heteroatoms. The van der Waals surface area contributed by atoms with Gasteiger partial charge in [0.25, 0.3) is 0 Å². The Hall–Kier alpha value is -1.20. The monoisotopic (exact) mass is 276 g/mol. The van der Waals surface area contributed by atoms with Crippen LogP contribution in [-0.4, -0.2) is 30.9 Å². The van der Waals surface area contributed by atoms with Crippen molar-refractivity contribution in [2.75, 3.05) is 6.61 Å². The van der Waals surface area contributed by atoms with Crippen molar-refractivity contribution in [2.24, 2.45) is 0 Å². The third kappa shape index (κ3) is 2.79. The van der Waals surface area contributed by atoms with Gasteiger partial charge in [0, 0.05) is 5.57 Å². The van der Waals surface area contributed by atoms with E-state index in [4.69, 9.17) is 18.9 Å². The van der Waals surface area contributed by atoms with Crippen LogP contribution in [0.4, 0.5) is 0 Å². The van der Waals surface area contributed by atoms with Gasteiger partial charge in [-0.15, -0.1) is 0 Å². The van der Waals surface area contributed by atoms with Gasteiger partial charge in [-0.1, -0.05) is 36.9 Å². The summed E-state index contributed by atoms with van der Waals surface area (Å²) in [6.07, 6.45) is -0.678. The Labute approximate surface area is 119 Å². The van der Waals surface area contributed by atoms with Crippen LogP contribution in [0.3, 0.4) is 0 Å². The van der Waals surface area contributed by atoms with Crippen molar-refractivity contribution < 1.29 is 18.9 Å². The molecule has 0 aromatic heterocycles. The second kappa shape index (κ2) is 5.30. The Morgan fingerprint density at radius 3 is 2.75 bits per heavy atom. The predicted molar refractivity (Wildman–Crippen MR) is 73.9 cm³/mol. The van der Waals surface area contributed by atoms with Gasteiger partial charge in [0.1, 0.15) is 12.2 Å². The summed E-state index contributed by atoms with van der Waals surface area (Å²) in [7, 11) is 0. The molecule has 0 N–H and O–H groups in total. The molecule has 2 saturated heterocycles. The average Bonchev–Trinajstić information content (AvgIpc) is 2.75. The Kier molecular flexibility index (Phi) is 3.65. The molecule has 20 heavy (non-hydrogen) atoms. The summed E-state index contributed by atoms with van der Waals surface area (Å²) >= 11 is 0. The van der Waals surface area contributed by atoms with Gasteiger partial charge in [-0.05, 0) is 19.4 Å². The first kappa shape index (κ1) is 13.8. The number of rotatable bonds is 3. The van der Waals surface area contributed by atoms with Gasteiger partial charge in [-0.25, -0.2) is 0 Å². The van der Waals surface area contributed by atoms with Crippen LogP contribution in [0.25, 0.3) is 0 Å². The molecule has 0 spiro atoms. The fourth-order valence-electron chi connectivity index (χ4n) is 2.60. The second-order valence-corrected chi connectivity index (χ2v) is 5.63. The summed E-state index contributed by atoms with van der Waals surface area (Å²) in [5, 5.41) is 0. The lowest BCUT2D eigenvalue weighted by atomic mass is 10.0. The first-order valence-corrected chi connectivity index (χ1v) is 6.87. The fraction of sp³-hybridized carbons (Fsp3) is 0.500.